The highest BCUT2D eigenvalue weighted by Gasteiger charge is 2.23. The molecule has 1 aromatic heterocycles. The number of amides is 1. The molecule has 1 fully saturated rings. The third-order valence-corrected chi connectivity index (χ3v) is 4.62. The van der Waals surface area contributed by atoms with Crippen LogP contribution in [0.4, 0.5) is 5.82 Å². The van der Waals surface area contributed by atoms with Gasteiger partial charge in [0, 0.05) is 50.1 Å². The van der Waals surface area contributed by atoms with Crippen molar-refractivity contribution in [1.29, 1.82) is 0 Å². The first-order valence-corrected chi connectivity index (χ1v) is 8.20. The van der Waals surface area contributed by atoms with Gasteiger partial charge in [-0.1, -0.05) is 23.7 Å². The number of piperazine rings is 1. The number of carbonyl (C=O) groups excluding carboxylic acids is 1. The van der Waals surface area contributed by atoms with E-state index in [1.54, 1.807) is 6.92 Å². The molecule has 0 radical (unpaired) electrons. The first kappa shape index (κ1) is 16.0. The summed E-state index contributed by atoms with van der Waals surface area (Å²) in [5.74, 6) is 0.996. The first-order chi connectivity index (χ1) is 11.0. The zero-order valence-corrected chi connectivity index (χ0v) is 14.2. The average molecular weight is 333 g/mol. The van der Waals surface area contributed by atoms with E-state index >= 15 is 0 Å². The number of benzene rings is 1. The van der Waals surface area contributed by atoms with Crippen LogP contribution in [-0.2, 0) is 4.79 Å². The lowest BCUT2D eigenvalue weighted by atomic mass is 10.1. The molecule has 122 valence electrons. The van der Waals surface area contributed by atoms with Crippen LogP contribution in [0.5, 0.6) is 0 Å². The molecule has 3 rings (SSSR count). The summed E-state index contributed by atoms with van der Waals surface area (Å²) in [6.45, 7) is 6.48. The van der Waals surface area contributed by atoms with Gasteiger partial charge in [0.1, 0.15) is 5.82 Å². The van der Waals surface area contributed by atoms with Crippen LogP contribution in [0.1, 0.15) is 25.5 Å². The van der Waals surface area contributed by atoms with Crippen LogP contribution in [0.25, 0.3) is 10.9 Å². The standard InChI is InChI=1S/C17H21ClN4O/c1-11(19)14-10-13-4-3-5-15(18)16(13)20-17(14)22-8-6-21(7-9-22)12(2)23/h3-5,10-11H,6-9,19H2,1-2H3/t11-/m0/s1. The lowest BCUT2D eigenvalue weighted by Gasteiger charge is -2.36. The summed E-state index contributed by atoms with van der Waals surface area (Å²) in [7, 11) is 0. The van der Waals surface area contributed by atoms with Crippen molar-refractivity contribution in [2.75, 3.05) is 31.1 Å². The predicted molar refractivity (Wildman–Crippen MR) is 93.8 cm³/mol. The fourth-order valence-corrected chi connectivity index (χ4v) is 3.21. The highest BCUT2D eigenvalue weighted by Crippen LogP contribution is 2.31. The molecule has 0 bridgehead atoms. The number of carbonyl (C=O) groups is 1. The average Bonchev–Trinajstić information content (AvgIpc) is 2.54. The molecule has 0 spiro atoms. The Morgan fingerprint density at radius 1 is 1.30 bits per heavy atom. The summed E-state index contributed by atoms with van der Waals surface area (Å²) in [5, 5.41) is 1.64. The van der Waals surface area contributed by atoms with Gasteiger partial charge < -0.3 is 15.5 Å². The minimum Gasteiger partial charge on any atom is -0.353 e. The molecule has 0 aliphatic carbocycles. The smallest absolute Gasteiger partial charge is 0.219 e. The number of para-hydroxylation sites is 1. The second-order valence-electron chi connectivity index (χ2n) is 5.99. The Kier molecular flexibility index (Phi) is 4.41. The molecule has 0 saturated carbocycles. The van der Waals surface area contributed by atoms with E-state index in [9.17, 15) is 4.79 Å². The number of hydrogen-bond donors (Lipinski definition) is 1. The van der Waals surface area contributed by atoms with Gasteiger partial charge >= 0.3 is 0 Å². The van der Waals surface area contributed by atoms with Gasteiger partial charge in [0.05, 0.1) is 10.5 Å². The number of hydrogen-bond acceptors (Lipinski definition) is 4. The van der Waals surface area contributed by atoms with Crippen molar-refractivity contribution < 1.29 is 4.79 Å². The van der Waals surface area contributed by atoms with Crippen LogP contribution < -0.4 is 10.6 Å². The maximum atomic E-state index is 11.5. The van der Waals surface area contributed by atoms with Gasteiger partial charge in [-0.2, -0.15) is 0 Å². The zero-order valence-electron chi connectivity index (χ0n) is 13.4. The Balaban J connectivity index is 2.00. The van der Waals surface area contributed by atoms with Gasteiger partial charge in [-0.05, 0) is 19.1 Å². The zero-order chi connectivity index (χ0) is 16.6. The number of pyridine rings is 1. The van der Waals surface area contributed by atoms with Crippen molar-refractivity contribution in [3.63, 3.8) is 0 Å². The van der Waals surface area contributed by atoms with Gasteiger partial charge in [-0.15, -0.1) is 0 Å². The third kappa shape index (κ3) is 3.12. The van der Waals surface area contributed by atoms with Crippen LogP contribution in [0.3, 0.4) is 0 Å². The number of fused-ring (bicyclic) bond motifs is 1. The topological polar surface area (TPSA) is 62.5 Å². The number of anilines is 1. The Labute approximate surface area is 141 Å². The highest BCUT2D eigenvalue weighted by atomic mass is 35.5. The van der Waals surface area contributed by atoms with Crippen LogP contribution in [-0.4, -0.2) is 42.0 Å². The van der Waals surface area contributed by atoms with Crippen LogP contribution in [0, 0.1) is 0 Å². The molecule has 1 saturated heterocycles. The third-order valence-electron chi connectivity index (χ3n) is 4.32. The molecule has 1 aliphatic heterocycles. The summed E-state index contributed by atoms with van der Waals surface area (Å²) >= 11 is 6.30. The molecule has 0 unspecified atom stereocenters. The highest BCUT2D eigenvalue weighted by molar-refractivity contribution is 6.35. The summed E-state index contributed by atoms with van der Waals surface area (Å²) in [5.41, 5.74) is 7.97. The summed E-state index contributed by atoms with van der Waals surface area (Å²) in [6.07, 6.45) is 0. The molecular weight excluding hydrogens is 312 g/mol. The lowest BCUT2D eigenvalue weighted by Crippen LogP contribution is -2.48. The molecule has 23 heavy (non-hydrogen) atoms. The van der Waals surface area contributed by atoms with E-state index in [2.05, 4.69) is 11.0 Å². The van der Waals surface area contributed by atoms with Gasteiger partial charge in [0.15, 0.2) is 0 Å². The lowest BCUT2D eigenvalue weighted by molar-refractivity contribution is -0.129. The quantitative estimate of drug-likeness (QED) is 0.918. The Bertz CT molecular complexity index is 739. The largest absolute Gasteiger partial charge is 0.353 e. The molecule has 2 aromatic rings. The van der Waals surface area contributed by atoms with Crippen molar-refractivity contribution in [3.05, 3.63) is 34.9 Å². The summed E-state index contributed by atoms with van der Waals surface area (Å²) in [4.78, 5) is 20.3. The van der Waals surface area contributed by atoms with E-state index < -0.39 is 0 Å². The van der Waals surface area contributed by atoms with Crippen LogP contribution >= 0.6 is 11.6 Å². The molecule has 1 amide bonds. The predicted octanol–water partition coefficient (Wildman–Crippen LogP) is 2.58. The van der Waals surface area contributed by atoms with E-state index in [4.69, 9.17) is 22.3 Å². The normalized spacial score (nSPS) is 16.7. The molecule has 1 atom stereocenters. The second kappa shape index (κ2) is 6.34. The maximum absolute atomic E-state index is 11.5. The molecule has 1 aromatic carbocycles. The first-order valence-electron chi connectivity index (χ1n) is 7.82. The molecule has 2 heterocycles. The SMILES string of the molecule is CC(=O)N1CCN(c2nc3c(Cl)cccc3cc2[C@H](C)N)CC1. The summed E-state index contributed by atoms with van der Waals surface area (Å²) in [6, 6.07) is 7.72. The number of aromatic nitrogens is 1. The fourth-order valence-electron chi connectivity index (χ4n) is 2.99. The van der Waals surface area contributed by atoms with Crippen LogP contribution in [0.15, 0.2) is 24.3 Å². The number of nitrogens with two attached hydrogens (primary N) is 1. The van der Waals surface area contributed by atoms with E-state index in [1.807, 2.05) is 30.0 Å². The van der Waals surface area contributed by atoms with Crippen molar-refractivity contribution >= 4 is 34.2 Å². The van der Waals surface area contributed by atoms with E-state index in [1.165, 1.54) is 0 Å². The van der Waals surface area contributed by atoms with Gasteiger partial charge in [-0.25, -0.2) is 4.98 Å². The second-order valence-corrected chi connectivity index (χ2v) is 6.40. The van der Waals surface area contributed by atoms with E-state index in [0.717, 1.165) is 35.4 Å². The maximum Gasteiger partial charge on any atom is 0.219 e. The summed E-state index contributed by atoms with van der Waals surface area (Å²) < 4.78 is 0. The van der Waals surface area contributed by atoms with Crippen molar-refractivity contribution in [2.24, 2.45) is 5.73 Å². The Morgan fingerprint density at radius 3 is 2.61 bits per heavy atom. The molecule has 1 aliphatic rings. The Hall–Kier alpha value is -1.85. The molecular formula is C17H21ClN4O. The number of halogens is 1. The molecule has 2 N–H and O–H groups in total. The monoisotopic (exact) mass is 332 g/mol. The molecule has 5 nitrogen and oxygen atoms in total. The Morgan fingerprint density at radius 2 is 2.00 bits per heavy atom. The number of rotatable bonds is 2. The van der Waals surface area contributed by atoms with Crippen LogP contribution in [0.2, 0.25) is 5.02 Å². The molecule has 6 heteroatoms. The van der Waals surface area contributed by atoms with Gasteiger partial charge in [0.25, 0.3) is 0 Å². The van der Waals surface area contributed by atoms with Gasteiger partial charge in [-0.3, -0.25) is 4.79 Å². The fraction of sp³-hybridized carbons (Fsp3) is 0.412. The van der Waals surface area contributed by atoms with Crippen molar-refractivity contribution in [2.45, 2.75) is 19.9 Å². The van der Waals surface area contributed by atoms with Crippen molar-refractivity contribution in [1.82, 2.24) is 9.88 Å². The minimum atomic E-state index is -0.119. The number of nitrogens with zero attached hydrogens (tertiary/aromatic N) is 3. The van der Waals surface area contributed by atoms with E-state index in [-0.39, 0.29) is 11.9 Å². The van der Waals surface area contributed by atoms with Gasteiger partial charge in [0.2, 0.25) is 5.91 Å². The minimum absolute atomic E-state index is 0.117. The van der Waals surface area contributed by atoms with E-state index in [0.29, 0.717) is 18.1 Å². The van der Waals surface area contributed by atoms with Crippen molar-refractivity contribution in [3.8, 4) is 0 Å².